The van der Waals surface area contributed by atoms with E-state index in [9.17, 15) is 0 Å². The first-order valence-corrected chi connectivity index (χ1v) is 7.42. The quantitative estimate of drug-likeness (QED) is 0.901. The van der Waals surface area contributed by atoms with E-state index in [0.717, 1.165) is 17.9 Å². The zero-order valence-corrected chi connectivity index (χ0v) is 13.6. The second-order valence-corrected chi connectivity index (χ2v) is 6.31. The first-order valence-electron chi connectivity index (χ1n) is 7.42. The van der Waals surface area contributed by atoms with E-state index < -0.39 is 0 Å². The number of anilines is 2. The van der Waals surface area contributed by atoms with Crippen molar-refractivity contribution in [3.8, 4) is 0 Å². The summed E-state index contributed by atoms with van der Waals surface area (Å²) in [6.45, 7) is 12.1. The van der Waals surface area contributed by atoms with Crippen LogP contribution in [-0.4, -0.2) is 17.1 Å². The molecule has 4 heteroatoms. The summed E-state index contributed by atoms with van der Waals surface area (Å²) in [7, 11) is 0. The molecule has 2 aromatic rings. The van der Waals surface area contributed by atoms with Crippen molar-refractivity contribution in [1.82, 2.24) is 10.3 Å². The fraction of sp³-hybridized carbons (Fsp3) is 0.471. The Morgan fingerprint density at radius 1 is 1.29 bits per heavy atom. The van der Waals surface area contributed by atoms with Crippen molar-refractivity contribution in [3.05, 3.63) is 41.8 Å². The van der Waals surface area contributed by atoms with Crippen molar-refractivity contribution in [3.63, 3.8) is 0 Å². The zero-order chi connectivity index (χ0) is 15.5. The highest BCUT2D eigenvalue weighted by Crippen LogP contribution is 2.25. The second-order valence-electron chi connectivity index (χ2n) is 6.31. The number of hydrogen-bond acceptors (Lipinski definition) is 4. The van der Waals surface area contributed by atoms with Crippen LogP contribution in [0.2, 0.25) is 0 Å². The Morgan fingerprint density at radius 2 is 2.05 bits per heavy atom. The van der Waals surface area contributed by atoms with Crippen LogP contribution in [0.15, 0.2) is 34.9 Å². The predicted octanol–water partition coefficient (Wildman–Crippen LogP) is 4.03. The molecule has 0 amide bonds. The molecule has 0 saturated carbocycles. The molecule has 0 spiro atoms. The van der Waals surface area contributed by atoms with Crippen LogP contribution in [-0.2, 0) is 6.54 Å². The largest absolute Gasteiger partial charge is 0.431 e. The molecule has 0 aliphatic heterocycles. The minimum absolute atomic E-state index is 0.0695. The molecule has 4 nitrogen and oxygen atoms in total. The van der Waals surface area contributed by atoms with Crippen LogP contribution in [0.4, 0.5) is 11.7 Å². The van der Waals surface area contributed by atoms with Gasteiger partial charge in [0.1, 0.15) is 6.26 Å². The second kappa shape index (κ2) is 6.31. The van der Waals surface area contributed by atoms with Gasteiger partial charge in [0.2, 0.25) is 0 Å². The van der Waals surface area contributed by atoms with Crippen LogP contribution in [0.3, 0.4) is 0 Å². The van der Waals surface area contributed by atoms with Crippen molar-refractivity contribution < 1.29 is 4.42 Å². The molecule has 1 aromatic carbocycles. The lowest BCUT2D eigenvalue weighted by atomic mass is 10.1. The summed E-state index contributed by atoms with van der Waals surface area (Å²) in [6, 6.07) is 9.01. The lowest BCUT2D eigenvalue weighted by Crippen LogP contribution is -2.35. The molecule has 21 heavy (non-hydrogen) atoms. The molecule has 0 radical (unpaired) electrons. The fourth-order valence-corrected chi connectivity index (χ4v) is 2.08. The van der Waals surface area contributed by atoms with Gasteiger partial charge >= 0.3 is 6.01 Å². The van der Waals surface area contributed by atoms with Gasteiger partial charge in [-0.25, -0.2) is 0 Å². The molecule has 0 bridgehead atoms. The van der Waals surface area contributed by atoms with Gasteiger partial charge in [0.15, 0.2) is 0 Å². The van der Waals surface area contributed by atoms with Crippen LogP contribution in [0, 0.1) is 6.92 Å². The molecule has 0 saturated heterocycles. The Hall–Kier alpha value is -1.81. The Labute approximate surface area is 127 Å². The maximum atomic E-state index is 5.65. The van der Waals surface area contributed by atoms with Gasteiger partial charge in [0.05, 0.1) is 5.69 Å². The number of oxazole rings is 1. The van der Waals surface area contributed by atoms with Crippen molar-refractivity contribution in [2.45, 2.75) is 46.7 Å². The highest BCUT2D eigenvalue weighted by molar-refractivity contribution is 5.57. The number of rotatable bonds is 5. The van der Waals surface area contributed by atoms with E-state index in [1.807, 2.05) is 0 Å². The number of benzene rings is 1. The molecule has 0 atom stereocenters. The maximum Gasteiger partial charge on any atom is 0.302 e. The number of aryl methyl sites for hydroxylation is 1. The van der Waals surface area contributed by atoms with Crippen LogP contribution < -0.4 is 10.2 Å². The fourth-order valence-electron chi connectivity index (χ4n) is 2.08. The summed E-state index contributed by atoms with van der Waals surface area (Å²) in [5, 5.41) is 3.42. The summed E-state index contributed by atoms with van der Waals surface area (Å²) in [6.07, 6.45) is 1.73. The predicted molar refractivity (Wildman–Crippen MR) is 87.0 cm³/mol. The molecule has 2 rings (SSSR count). The summed E-state index contributed by atoms with van der Waals surface area (Å²) in [5.74, 6) is 0. The van der Waals surface area contributed by atoms with Gasteiger partial charge in [0.25, 0.3) is 0 Å². The number of nitrogens with zero attached hydrogens (tertiary/aromatic N) is 2. The molecule has 0 unspecified atom stereocenters. The monoisotopic (exact) mass is 287 g/mol. The van der Waals surface area contributed by atoms with E-state index in [4.69, 9.17) is 4.42 Å². The first-order chi connectivity index (χ1) is 9.89. The van der Waals surface area contributed by atoms with E-state index in [1.165, 1.54) is 5.56 Å². The molecule has 1 N–H and O–H groups in total. The van der Waals surface area contributed by atoms with E-state index in [1.54, 1.807) is 6.26 Å². The van der Waals surface area contributed by atoms with Crippen LogP contribution in [0.1, 0.15) is 39.0 Å². The zero-order valence-electron chi connectivity index (χ0n) is 13.6. The molecular weight excluding hydrogens is 262 g/mol. The molecule has 0 fully saturated rings. The third-order valence-corrected chi connectivity index (χ3v) is 3.20. The molecule has 1 heterocycles. The summed E-state index contributed by atoms with van der Waals surface area (Å²) >= 11 is 0. The summed E-state index contributed by atoms with van der Waals surface area (Å²) in [5.41, 5.74) is 3.33. The van der Waals surface area contributed by atoms with E-state index in [-0.39, 0.29) is 5.54 Å². The Balaban J connectivity index is 2.14. The number of nitrogens with one attached hydrogen (secondary N) is 1. The van der Waals surface area contributed by atoms with Crippen LogP contribution >= 0.6 is 0 Å². The minimum atomic E-state index is 0.0695. The topological polar surface area (TPSA) is 41.3 Å². The summed E-state index contributed by atoms with van der Waals surface area (Å²) in [4.78, 5) is 6.66. The SMILES string of the molecule is CCN(c1cccc(C)c1)c1nc(CNC(C)(C)C)co1. The standard InChI is InChI=1S/C17H25N3O/c1-6-20(15-9-7-8-13(2)10-15)16-19-14(12-21-16)11-18-17(3,4)5/h7-10,12,18H,6,11H2,1-5H3. The van der Waals surface area contributed by atoms with E-state index in [0.29, 0.717) is 12.6 Å². The number of aromatic nitrogens is 1. The van der Waals surface area contributed by atoms with Gasteiger partial charge in [-0.15, -0.1) is 0 Å². The molecule has 0 aliphatic rings. The molecule has 1 aromatic heterocycles. The van der Waals surface area contributed by atoms with Crippen molar-refractivity contribution in [2.75, 3.05) is 11.4 Å². The Bertz CT molecular complexity index is 584. The molecule has 0 aliphatic carbocycles. The third-order valence-electron chi connectivity index (χ3n) is 3.20. The van der Waals surface area contributed by atoms with Crippen LogP contribution in [0.5, 0.6) is 0 Å². The Kier molecular flexibility index (Phi) is 4.68. The smallest absolute Gasteiger partial charge is 0.302 e. The molecular formula is C17H25N3O. The minimum Gasteiger partial charge on any atom is -0.431 e. The van der Waals surface area contributed by atoms with Gasteiger partial charge in [-0.3, -0.25) is 4.90 Å². The van der Waals surface area contributed by atoms with Gasteiger partial charge in [-0.2, -0.15) is 4.98 Å². The van der Waals surface area contributed by atoms with Crippen molar-refractivity contribution in [1.29, 1.82) is 0 Å². The summed E-state index contributed by atoms with van der Waals surface area (Å²) < 4.78 is 5.65. The maximum absolute atomic E-state index is 5.65. The third kappa shape index (κ3) is 4.33. The van der Waals surface area contributed by atoms with E-state index in [2.05, 4.69) is 74.1 Å². The van der Waals surface area contributed by atoms with Crippen molar-refractivity contribution >= 4 is 11.7 Å². The normalized spacial score (nSPS) is 11.7. The van der Waals surface area contributed by atoms with E-state index >= 15 is 0 Å². The van der Waals surface area contributed by atoms with Crippen molar-refractivity contribution in [2.24, 2.45) is 0 Å². The first kappa shape index (κ1) is 15.6. The molecule has 114 valence electrons. The van der Waals surface area contributed by atoms with Gasteiger partial charge in [-0.05, 0) is 52.3 Å². The lowest BCUT2D eigenvalue weighted by Gasteiger charge is -2.20. The number of hydrogen-bond donors (Lipinski definition) is 1. The average molecular weight is 287 g/mol. The highest BCUT2D eigenvalue weighted by atomic mass is 16.4. The highest BCUT2D eigenvalue weighted by Gasteiger charge is 2.15. The van der Waals surface area contributed by atoms with Gasteiger partial charge in [0, 0.05) is 24.3 Å². The lowest BCUT2D eigenvalue weighted by molar-refractivity contribution is 0.421. The van der Waals surface area contributed by atoms with Crippen LogP contribution in [0.25, 0.3) is 0 Å². The Morgan fingerprint density at radius 3 is 2.67 bits per heavy atom. The average Bonchev–Trinajstić information content (AvgIpc) is 2.85. The van der Waals surface area contributed by atoms with Gasteiger partial charge < -0.3 is 9.73 Å². The van der Waals surface area contributed by atoms with Gasteiger partial charge in [-0.1, -0.05) is 12.1 Å².